The maximum absolute atomic E-state index is 12.8. The number of allylic oxidation sites excluding steroid dienone is 4. The van der Waals surface area contributed by atoms with Gasteiger partial charge >= 0.3 is 5.97 Å². The second kappa shape index (κ2) is 7.37. The second-order valence-electron chi connectivity index (χ2n) is 7.29. The number of aromatic carboxylic acids is 1. The Kier molecular flexibility index (Phi) is 4.88. The van der Waals surface area contributed by atoms with Gasteiger partial charge in [0.25, 0.3) is 0 Å². The Hall–Kier alpha value is -3.12. The normalized spacial score (nSPS) is 18.3. The number of carboxylic acids is 1. The Balaban J connectivity index is 1.59. The van der Waals surface area contributed by atoms with E-state index < -0.39 is 15.8 Å². The third-order valence-corrected chi connectivity index (χ3v) is 7.07. The maximum atomic E-state index is 12.8. The Labute approximate surface area is 170 Å². The fourth-order valence-electron chi connectivity index (χ4n) is 3.57. The van der Waals surface area contributed by atoms with E-state index in [-0.39, 0.29) is 10.5 Å². The van der Waals surface area contributed by atoms with Gasteiger partial charge in [-0.3, -0.25) is 0 Å². The van der Waals surface area contributed by atoms with Crippen LogP contribution in [0.4, 0.5) is 5.69 Å². The van der Waals surface area contributed by atoms with Crippen molar-refractivity contribution in [3.8, 4) is 0 Å². The molecule has 0 saturated carbocycles. The van der Waals surface area contributed by atoms with Crippen molar-refractivity contribution >= 4 is 27.2 Å². The summed E-state index contributed by atoms with van der Waals surface area (Å²) in [6.45, 7) is 2.05. The molecule has 29 heavy (non-hydrogen) atoms. The standard InChI is InChI=1S/C23H21NO4S/c1-15-5-9-17(10-6-15)29(27,28)18-11-7-16(8-12-18)21-14-13-19-20(23(25)26)3-2-4-22(19)24-21/h2-5,7-12,14-15,24H,6,13H2,1H3,(H,25,26). The van der Waals surface area contributed by atoms with Crippen LogP contribution in [0, 0.1) is 5.92 Å². The van der Waals surface area contributed by atoms with E-state index in [4.69, 9.17) is 0 Å². The van der Waals surface area contributed by atoms with E-state index in [9.17, 15) is 18.3 Å². The molecule has 0 radical (unpaired) electrons. The Morgan fingerprint density at radius 3 is 2.52 bits per heavy atom. The lowest BCUT2D eigenvalue weighted by molar-refractivity contribution is 0.0696. The van der Waals surface area contributed by atoms with Gasteiger partial charge in [-0.15, -0.1) is 0 Å². The van der Waals surface area contributed by atoms with Gasteiger partial charge in [0.05, 0.1) is 15.4 Å². The molecule has 1 atom stereocenters. The lowest BCUT2D eigenvalue weighted by atomic mass is 9.97. The first-order chi connectivity index (χ1) is 13.9. The molecule has 0 aromatic heterocycles. The van der Waals surface area contributed by atoms with Gasteiger partial charge in [0.15, 0.2) is 0 Å². The molecule has 0 amide bonds. The van der Waals surface area contributed by atoms with Crippen molar-refractivity contribution in [3.05, 3.63) is 88.4 Å². The fourth-order valence-corrected chi connectivity index (χ4v) is 4.91. The molecule has 6 heteroatoms. The van der Waals surface area contributed by atoms with Crippen LogP contribution in [-0.4, -0.2) is 19.5 Å². The highest BCUT2D eigenvalue weighted by Crippen LogP contribution is 2.32. The zero-order valence-electron chi connectivity index (χ0n) is 15.9. The first-order valence-corrected chi connectivity index (χ1v) is 10.9. The number of rotatable bonds is 4. The Bertz CT molecular complexity index is 1170. The van der Waals surface area contributed by atoms with Gasteiger partial charge in [-0.25, -0.2) is 13.2 Å². The molecule has 1 aliphatic carbocycles. The minimum Gasteiger partial charge on any atom is -0.478 e. The van der Waals surface area contributed by atoms with E-state index in [1.807, 2.05) is 25.1 Å². The highest BCUT2D eigenvalue weighted by atomic mass is 32.2. The summed E-state index contributed by atoms with van der Waals surface area (Å²) in [5.41, 5.74) is 3.46. The molecular formula is C23H21NO4S. The zero-order chi connectivity index (χ0) is 20.6. The summed E-state index contributed by atoms with van der Waals surface area (Å²) >= 11 is 0. The van der Waals surface area contributed by atoms with Crippen LogP contribution in [0.25, 0.3) is 5.70 Å². The molecule has 0 fully saturated rings. The lowest BCUT2D eigenvalue weighted by Gasteiger charge is -2.21. The van der Waals surface area contributed by atoms with E-state index in [1.165, 1.54) is 0 Å². The van der Waals surface area contributed by atoms with Gasteiger partial charge in [0.2, 0.25) is 9.84 Å². The van der Waals surface area contributed by atoms with Crippen LogP contribution in [0.15, 0.2) is 76.6 Å². The minimum atomic E-state index is -3.53. The zero-order valence-corrected chi connectivity index (χ0v) is 16.7. The van der Waals surface area contributed by atoms with Crippen LogP contribution in [-0.2, 0) is 16.3 Å². The number of hydrogen-bond acceptors (Lipinski definition) is 4. The monoisotopic (exact) mass is 407 g/mol. The van der Waals surface area contributed by atoms with Gasteiger partial charge in [-0.2, -0.15) is 0 Å². The number of fused-ring (bicyclic) bond motifs is 1. The second-order valence-corrected chi connectivity index (χ2v) is 9.24. The molecule has 0 bridgehead atoms. The van der Waals surface area contributed by atoms with Crippen LogP contribution in [0.3, 0.4) is 0 Å². The summed E-state index contributed by atoms with van der Waals surface area (Å²) in [5, 5.41) is 12.6. The number of sulfone groups is 1. The van der Waals surface area contributed by atoms with Crippen LogP contribution < -0.4 is 5.32 Å². The number of benzene rings is 2. The first kappa shape index (κ1) is 19.2. The molecule has 148 valence electrons. The smallest absolute Gasteiger partial charge is 0.336 e. The largest absolute Gasteiger partial charge is 0.478 e. The number of carboxylic acid groups (broad SMARTS) is 1. The minimum absolute atomic E-state index is 0.261. The molecule has 2 aromatic rings. The van der Waals surface area contributed by atoms with Gasteiger partial charge in [-0.1, -0.05) is 43.4 Å². The van der Waals surface area contributed by atoms with Crippen molar-refractivity contribution in [2.75, 3.05) is 5.32 Å². The molecule has 2 aliphatic rings. The van der Waals surface area contributed by atoms with Crippen molar-refractivity contribution < 1.29 is 18.3 Å². The van der Waals surface area contributed by atoms with E-state index in [2.05, 4.69) is 5.32 Å². The molecular weight excluding hydrogens is 386 g/mol. The van der Waals surface area contributed by atoms with Gasteiger partial charge in [-0.05, 0) is 60.2 Å². The van der Waals surface area contributed by atoms with Crippen LogP contribution >= 0.6 is 0 Å². The number of anilines is 1. The molecule has 4 rings (SSSR count). The summed E-state index contributed by atoms with van der Waals surface area (Å²) in [6.07, 6.45) is 8.51. The van der Waals surface area contributed by atoms with E-state index in [1.54, 1.807) is 48.6 Å². The maximum Gasteiger partial charge on any atom is 0.336 e. The molecule has 5 nitrogen and oxygen atoms in total. The van der Waals surface area contributed by atoms with Crippen LogP contribution in [0.2, 0.25) is 0 Å². The van der Waals surface area contributed by atoms with Gasteiger partial charge in [0.1, 0.15) is 0 Å². The fraction of sp³-hybridized carbons (Fsp3) is 0.174. The highest BCUT2D eigenvalue weighted by molar-refractivity contribution is 7.95. The number of carbonyl (C=O) groups is 1. The summed E-state index contributed by atoms with van der Waals surface area (Å²) in [7, 11) is -3.53. The summed E-state index contributed by atoms with van der Waals surface area (Å²) in [4.78, 5) is 12.0. The summed E-state index contributed by atoms with van der Waals surface area (Å²) in [5.74, 6) is -0.597. The molecule has 1 aliphatic heterocycles. The van der Waals surface area contributed by atoms with Crippen molar-refractivity contribution in [3.63, 3.8) is 0 Å². The molecule has 1 unspecified atom stereocenters. The highest BCUT2D eigenvalue weighted by Gasteiger charge is 2.22. The van der Waals surface area contributed by atoms with Gasteiger partial charge < -0.3 is 10.4 Å². The average Bonchev–Trinajstić information content (AvgIpc) is 2.73. The average molecular weight is 407 g/mol. The third-order valence-electron chi connectivity index (χ3n) is 5.25. The van der Waals surface area contributed by atoms with E-state index in [0.29, 0.717) is 17.2 Å². The van der Waals surface area contributed by atoms with Crippen LogP contribution in [0.5, 0.6) is 0 Å². The number of hydrogen-bond donors (Lipinski definition) is 2. The van der Waals surface area contributed by atoms with Crippen molar-refractivity contribution in [1.82, 2.24) is 0 Å². The van der Waals surface area contributed by atoms with Crippen molar-refractivity contribution in [2.24, 2.45) is 5.92 Å². The lowest BCUT2D eigenvalue weighted by Crippen LogP contribution is -2.12. The SMILES string of the molecule is CC1C=CC(S(=O)(=O)c2ccc(C3=CCc4c(cccc4C(=O)O)N3)cc2)=CC1. The Morgan fingerprint density at radius 1 is 1.10 bits per heavy atom. The van der Waals surface area contributed by atoms with Crippen molar-refractivity contribution in [1.29, 1.82) is 0 Å². The molecule has 1 heterocycles. The molecule has 0 saturated heterocycles. The molecule has 2 N–H and O–H groups in total. The third kappa shape index (κ3) is 3.63. The van der Waals surface area contributed by atoms with E-state index in [0.717, 1.165) is 28.9 Å². The van der Waals surface area contributed by atoms with Crippen LogP contribution in [0.1, 0.15) is 34.8 Å². The predicted octanol–water partition coefficient (Wildman–Crippen LogP) is 4.65. The quantitative estimate of drug-likeness (QED) is 0.771. The summed E-state index contributed by atoms with van der Waals surface area (Å²) < 4.78 is 25.7. The van der Waals surface area contributed by atoms with E-state index >= 15 is 0 Å². The Morgan fingerprint density at radius 2 is 1.86 bits per heavy atom. The first-order valence-electron chi connectivity index (χ1n) is 9.42. The number of nitrogens with one attached hydrogen (secondary N) is 1. The molecule has 2 aromatic carbocycles. The van der Waals surface area contributed by atoms with Gasteiger partial charge in [0, 0.05) is 11.4 Å². The van der Waals surface area contributed by atoms with Crippen molar-refractivity contribution in [2.45, 2.75) is 24.7 Å². The molecule has 0 spiro atoms. The summed E-state index contributed by atoms with van der Waals surface area (Å²) in [6, 6.07) is 11.9. The predicted molar refractivity (Wildman–Crippen MR) is 113 cm³/mol. The topological polar surface area (TPSA) is 83.5 Å².